The van der Waals surface area contributed by atoms with E-state index in [0.717, 1.165) is 24.3 Å². The normalized spacial score (nSPS) is 12.9. The summed E-state index contributed by atoms with van der Waals surface area (Å²) in [7, 11) is 0. The lowest BCUT2D eigenvalue weighted by molar-refractivity contribution is -0.162. The Hall–Kier alpha value is -7.01. The SMILES string of the molecule is N#C/C(c1ccc(C#N)c(C(F)(F)F)c1C(F)(F)F)=c1/cc(C#N)/c(=C(\C#N)c2ccc(C#N)c(C(F)(F)F)c2C(F)(F)F)c(C#N)c1C#N. The van der Waals surface area contributed by atoms with Crippen molar-refractivity contribution < 1.29 is 52.7 Å². The molecule has 0 radical (unpaired) electrons. The summed E-state index contributed by atoms with van der Waals surface area (Å²) in [5.41, 5.74) is -23.6. The molecule has 248 valence electrons. The third-order valence-corrected chi connectivity index (χ3v) is 6.74. The lowest BCUT2D eigenvalue weighted by Crippen LogP contribution is -2.28. The van der Waals surface area contributed by atoms with Gasteiger partial charge in [0.1, 0.15) is 24.3 Å². The second-order valence-electron chi connectivity index (χ2n) is 9.44. The van der Waals surface area contributed by atoms with E-state index in [-0.39, 0.29) is 30.3 Å². The van der Waals surface area contributed by atoms with Crippen molar-refractivity contribution in [3.05, 3.63) is 102 Å². The monoisotopic (exact) mass is 703 g/mol. The quantitative estimate of drug-likeness (QED) is 0.272. The molecule has 0 fully saturated rings. The molecule has 3 rings (SSSR count). The first kappa shape index (κ1) is 37.4. The highest BCUT2D eigenvalue weighted by Gasteiger charge is 2.49. The van der Waals surface area contributed by atoms with E-state index in [4.69, 9.17) is 10.5 Å². The predicted molar refractivity (Wildman–Crippen MR) is 138 cm³/mol. The molecule has 3 aromatic carbocycles. The second-order valence-corrected chi connectivity index (χ2v) is 9.44. The van der Waals surface area contributed by atoms with Crippen molar-refractivity contribution in [1.29, 1.82) is 36.8 Å². The van der Waals surface area contributed by atoms with Crippen LogP contribution in [0.15, 0.2) is 30.3 Å². The Balaban J connectivity index is 2.86. The van der Waals surface area contributed by atoms with Crippen LogP contribution in [0, 0.1) is 79.3 Å². The van der Waals surface area contributed by atoms with Crippen molar-refractivity contribution in [3.8, 4) is 42.5 Å². The Bertz CT molecular complexity index is 2400. The minimum atomic E-state index is -5.99. The summed E-state index contributed by atoms with van der Waals surface area (Å²) in [6.07, 6.45) is -23.7. The first-order chi connectivity index (χ1) is 23.1. The van der Waals surface area contributed by atoms with Gasteiger partial charge >= 0.3 is 24.7 Å². The molecule has 0 bridgehead atoms. The van der Waals surface area contributed by atoms with Crippen molar-refractivity contribution >= 4 is 11.1 Å². The zero-order valence-electron chi connectivity index (χ0n) is 23.6. The minimum absolute atomic E-state index is 0.218. The Morgan fingerprint density at radius 3 is 1.08 bits per heavy atom. The largest absolute Gasteiger partial charge is 0.418 e. The number of benzene rings is 3. The predicted octanol–water partition coefficient (Wildman–Crippen LogP) is 6.57. The third kappa shape index (κ3) is 6.43. The molecule has 0 spiro atoms. The van der Waals surface area contributed by atoms with Crippen molar-refractivity contribution in [2.45, 2.75) is 24.7 Å². The van der Waals surface area contributed by atoms with E-state index in [1.807, 2.05) is 0 Å². The highest BCUT2D eigenvalue weighted by Crippen LogP contribution is 2.46. The summed E-state index contributed by atoms with van der Waals surface area (Å²) in [5, 5.41) is 65.2. The first-order valence-electron chi connectivity index (χ1n) is 12.5. The van der Waals surface area contributed by atoms with E-state index in [9.17, 15) is 79.0 Å². The highest BCUT2D eigenvalue weighted by molar-refractivity contribution is 5.85. The van der Waals surface area contributed by atoms with E-state index in [1.165, 1.54) is 18.2 Å². The van der Waals surface area contributed by atoms with Gasteiger partial charge in [-0.1, -0.05) is 12.1 Å². The second kappa shape index (κ2) is 12.9. The van der Waals surface area contributed by atoms with Crippen molar-refractivity contribution in [2.24, 2.45) is 0 Å². The molecule has 0 unspecified atom stereocenters. The van der Waals surface area contributed by atoms with Gasteiger partial charge in [-0.25, -0.2) is 0 Å². The maximum absolute atomic E-state index is 14.2. The molecular weight excluding hydrogens is 698 g/mol. The van der Waals surface area contributed by atoms with Gasteiger partial charge in [-0.05, 0) is 18.2 Å². The Labute approximate surface area is 270 Å². The number of hydrogen-bond donors (Lipinski definition) is 0. The summed E-state index contributed by atoms with van der Waals surface area (Å²) in [5.74, 6) is 0. The van der Waals surface area contributed by atoms with Gasteiger partial charge in [0.25, 0.3) is 0 Å². The molecule has 0 saturated heterocycles. The summed E-state index contributed by atoms with van der Waals surface area (Å²) < 4.78 is 169. The lowest BCUT2D eigenvalue weighted by Gasteiger charge is -2.21. The summed E-state index contributed by atoms with van der Waals surface area (Å²) in [6.45, 7) is 0. The first-order valence-corrected chi connectivity index (χ1v) is 12.5. The van der Waals surface area contributed by atoms with Gasteiger partial charge in [0.2, 0.25) is 0 Å². The number of halogens is 12. The van der Waals surface area contributed by atoms with Crippen molar-refractivity contribution in [2.75, 3.05) is 0 Å². The number of alkyl halides is 12. The van der Waals surface area contributed by atoms with Crippen molar-refractivity contribution in [1.82, 2.24) is 0 Å². The zero-order valence-corrected chi connectivity index (χ0v) is 23.6. The Morgan fingerprint density at radius 1 is 0.420 bits per heavy atom. The number of rotatable bonds is 2. The highest BCUT2D eigenvalue weighted by atomic mass is 19.4. The average molecular weight is 703 g/mol. The Kier molecular flexibility index (Phi) is 9.65. The van der Waals surface area contributed by atoms with E-state index in [0.29, 0.717) is 0 Å². The average Bonchev–Trinajstić information content (AvgIpc) is 3.02. The summed E-state index contributed by atoms with van der Waals surface area (Å²) in [6, 6.07) is 8.91. The number of nitrogens with zero attached hydrogens (tertiary/aromatic N) is 7. The molecule has 0 saturated carbocycles. The zero-order chi connectivity index (χ0) is 38.1. The van der Waals surface area contributed by atoms with Crippen LogP contribution in [-0.4, -0.2) is 0 Å². The van der Waals surface area contributed by atoms with Gasteiger partial charge in [0.05, 0.1) is 79.4 Å². The van der Waals surface area contributed by atoms with Crippen LogP contribution >= 0.6 is 0 Å². The molecule has 0 N–H and O–H groups in total. The standard InChI is InChI=1S/C31H5F12N7/c32-28(33,34)24-13(6-44)1-3-16(26(24)30(38,39)40)19(9-47)18-5-15(8-46)23(22(12-50)20(18)10-48)21(11-49)17-4-2-14(7-45)25(29(35,36)37)27(17)31(41,42)43/h1-5H/b19-18+,23-21-. The molecule has 7 nitrogen and oxygen atoms in total. The summed E-state index contributed by atoms with van der Waals surface area (Å²) in [4.78, 5) is 0. The maximum atomic E-state index is 14.2. The van der Waals surface area contributed by atoms with Crippen LogP contribution in [0.1, 0.15) is 61.2 Å². The lowest BCUT2D eigenvalue weighted by atomic mass is 9.86. The van der Waals surface area contributed by atoms with Crippen LogP contribution in [0.2, 0.25) is 0 Å². The van der Waals surface area contributed by atoms with Gasteiger partial charge in [-0.3, -0.25) is 0 Å². The van der Waals surface area contributed by atoms with E-state index >= 15 is 0 Å². The molecule has 50 heavy (non-hydrogen) atoms. The van der Waals surface area contributed by atoms with E-state index in [2.05, 4.69) is 0 Å². The fraction of sp³-hybridized carbons (Fsp3) is 0.129. The third-order valence-electron chi connectivity index (χ3n) is 6.74. The molecule has 0 heterocycles. The van der Waals surface area contributed by atoms with Crippen LogP contribution < -0.4 is 10.4 Å². The van der Waals surface area contributed by atoms with E-state index < -0.39 is 107 Å². The smallest absolute Gasteiger partial charge is 0.192 e. The molecule has 0 aliphatic heterocycles. The fourth-order valence-electron chi connectivity index (χ4n) is 4.96. The van der Waals surface area contributed by atoms with Crippen LogP contribution in [0.25, 0.3) is 11.1 Å². The Morgan fingerprint density at radius 2 is 0.780 bits per heavy atom. The maximum Gasteiger partial charge on any atom is 0.418 e. The summed E-state index contributed by atoms with van der Waals surface area (Å²) >= 11 is 0. The molecule has 0 atom stereocenters. The van der Waals surface area contributed by atoms with Gasteiger partial charge < -0.3 is 0 Å². The van der Waals surface area contributed by atoms with Gasteiger partial charge in [0.15, 0.2) is 0 Å². The van der Waals surface area contributed by atoms with Gasteiger partial charge in [-0.15, -0.1) is 0 Å². The van der Waals surface area contributed by atoms with Crippen molar-refractivity contribution in [3.63, 3.8) is 0 Å². The van der Waals surface area contributed by atoms with Gasteiger partial charge in [0, 0.05) is 21.6 Å². The van der Waals surface area contributed by atoms with Crippen LogP contribution in [0.3, 0.4) is 0 Å². The molecule has 3 aromatic rings. The molecule has 0 aliphatic carbocycles. The topological polar surface area (TPSA) is 167 Å². The van der Waals surface area contributed by atoms with Crippen LogP contribution in [0.4, 0.5) is 52.7 Å². The van der Waals surface area contributed by atoms with E-state index in [1.54, 1.807) is 0 Å². The molecule has 19 heteroatoms. The molecular formula is C31H5F12N7. The fourth-order valence-corrected chi connectivity index (χ4v) is 4.96. The number of hydrogen-bond acceptors (Lipinski definition) is 7. The van der Waals surface area contributed by atoms with Crippen LogP contribution in [-0.2, 0) is 24.7 Å². The molecule has 0 aromatic heterocycles. The minimum Gasteiger partial charge on any atom is -0.192 e. The van der Waals surface area contributed by atoms with Gasteiger partial charge in [-0.2, -0.15) is 89.5 Å². The molecule has 0 aliphatic rings. The number of nitriles is 7. The molecule has 0 amide bonds. The van der Waals surface area contributed by atoms with Crippen LogP contribution in [0.5, 0.6) is 0 Å².